The third kappa shape index (κ3) is 3.87. The Bertz CT molecular complexity index is 1290. The molecule has 3 aromatic carbocycles. The number of aromatic nitrogens is 2. The molecule has 0 bridgehead atoms. The van der Waals surface area contributed by atoms with Crippen molar-refractivity contribution in [2.24, 2.45) is 5.10 Å². The van der Waals surface area contributed by atoms with Gasteiger partial charge in [-0.15, -0.1) is 5.10 Å². The molecule has 0 radical (unpaired) electrons. The van der Waals surface area contributed by atoms with Crippen LogP contribution in [0, 0.1) is 6.92 Å². The van der Waals surface area contributed by atoms with Crippen LogP contribution in [0.3, 0.4) is 0 Å². The van der Waals surface area contributed by atoms with Gasteiger partial charge in [0.05, 0.1) is 17.6 Å². The van der Waals surface area contributed by atoms with Crippen LogP contribution in [-0.4, -0.2) is 29.1 Å². The Balaban J connectivity index is 1.38. The minimum Gasteiger partial charge on any atom is -0.371 e. The van der Waals surface area contributed by atoms with Gasteiger partial charge in [0.1, 0.15) is 0 Å². The summed E-state index contributed by atoms with van der Waals surface area (Å²) in [6.45, 7) is 4.47. The topological polar surface area (TPSA) is 36.7 Å². The van der Waals surface area contributed by atoms with Gasteiger partial charge in [-0.3, -0.25) is 0 Å². The Morgan fingerprint density at radius 3 is 2.18 bits per heavy atom. The van der Waals surface area contributed by atoms with Gasteiger partial charge in [-0.05, 0) is 85.7 Å². The monoisotopic (exact) mass is 447 g/mol. The molecule has 2 aliphatic rings. The molecule has 6 rings (SSSR count). The van der Waals surface area contributed by atoms with E-state index in [1.165, 1.54) is 42.7 Å². The molecule has 0 saturated carbocycles. The fourth-order valence-electron chi connectivity index (χ4n) is 5.25. The Hall–Kier alpha value is -3.86. The molecule has 4 aromatic rings. The number of rotatable bonds is 5. The number of para-hydroxylation sites is 2. The predicted molar refractivity (Wildman–Crippen MR) is 140 cm³/mol. The zero-order chi connectivity index (χ0) is 22.9. The van der Waals surface area contributed by atoms with E-state index in [4.69, 9.17) is 10.2 Å². The highest BCUT2D eigenvalue weighted by Gasteiger charge is 2.24. The van der Waals surface area contributed by atoms with Crippen LogP contribution in [0.5, 0.6) is 0 Å². The summed E-state index contributed by atoms with van der Waals surface area (Å²) in [5, 5.41) is 11.8. The Morgan fingerprint density at radius 2 is 1.50 bits per heavy atom. The highest BCUT2D eigenvalue weighted by Crippen LogP contribution is 2.36. The number of anilines is 3. The molecule has 0 amide bonds. The molecule has 5 heteroatoms. The van der Waals surface area contributed by atoms with Gasteiger partial charge in [0.2, 0.25) is 0 Å². The van der Waals surface area contributed by atoms with E-state index in [9.17, 15) is 0 Å². The van der Waals surface area contributed by atoms with E-state index < -0.39 is 0 Å². The first kappa shape index (κ1) is 20.7. The van der Waals surface area contributed by atoms with Crippen LogP contribution < -0.4 is 9.91 Å². The molecule has 5 nitrogen and oxygen atoms in total. The Labute approximate surface area is 201 Å². The fraction of sp³-hybridized carbons (Fsp3) is 0.241. The van der Waals surface area contributed by atoms with Crippen LogP contribution >= 0.6 is 0 Å². The van der Waals surface area contributed by atoms with Crippen LogP contribution in [0.15, 0.2) is 84.0 Å². The van der Waals surface area contributed by atoms with Gasteiger partial charge in [-0.25, -0.2) is 9.69 Å². The van der Waals surface area contributed by atoms with Gasteiger partial charge in [0.25, 0.3) is 0 Å². The van der Waals surface area contributed by atoms with E-state index in [0.717, 1.165) is 41.3 Å². The maximum Gasteiger partial charge on any atom is 0.176 e. The number of hydrogen-bond acceptors (Lipinski definition) is 4. The summed E-state index contributed by atoms with van der Waals surface area (Å²) in [5.74, 6) is 0.800. The largest absolute Gasteiger partial charge is 0.371 e. The van der Waals surface area contributed by atoms with Crippen molar-refractivity contribution in [3.8, 4) is 5.69 Å². The van der Waals surface area contributed by atoms with Crippen molar-refractivity contribution < 1.29 is 0 Å². The standard InChI is InChI=1S/C29H29N5/c1-22-18-28(31-33(22)26-12-4-2-5-13-26)34(27-14-6-3-7-15-27)30-21-23-19-24-10-8-16-32-17-9-11-25(20-23)29(24)32/h2-7,12-15,18-21H,8-11,16-17H2,1H3. The summed E-state index contributed by atoms with van der Waals surface area (Å²) >= 11 is 0. The second kappa shape index (κ2) is 8.82. The summed E-state index contributed by atoms with van der Waals surface area (Å²) < 4.78 is 1.97. The molecule has 0 saturated heterocycles. The number of aryl methyl sites for hydroxylation is 3. The molecule has 1 aromatic heterocycles. The Morgan fingerprint density at radius 1 is 0.853 bits per heavy atom. The first-order valence-electron chi connectivity index (χ1n) is 12.2. The molecule has 2 aliphatic heterocycles. The van der Waals surface area contributed by atoms with E-state index in [1.54, 1.807) is 0 Å². The van der Waals surface area contributed by atoms with Crippen molar-refractivity contribution in [3.05, 3.63) is 101 Å². The van der Waals surface area contributed by atoms with Crippen LogP contribution in [0.4, 0.5) is 17.2 Å². The molecule has 0 atom stereocenters. The summed E-state index contributed by atoms with van der Waals surface area (Å²) in [5.41, 5.74) is 8.70. The molecule has 170 valence electrons. The number of nitrogens with zero attached hydrogens (tertiary/aromatic N) is 5. The average Bonchev–Trinajstić information content (AvgIpc) is 3.27. The number of hydrogen-bond donors (Lipinski definition) is 0. The zero-order valence-electron chi connectivity index (χ0n) is 19.6. The van der Waals surface area contributed by atoms with Crippen molar-refractivity contribution >= 4 is 23.4 Å². The summed E-state index contributed by atoms with van der Waals surface area (Å²) in [6, 6.07) is 27.2. The second-order valence-corrected chi connectivity index (χ2v) is 9.17. The van der Waals surface area contributed by atoms with Crippen LogP contribution in [0.1, 0.15) is 35.2 Å². The summed E-state index contributed by atoms with van der Waals surface area (Å²) in [6.07, 6.45) is 6.78. The van der Waals surface area contributed by atoms with Crippen molar-refractivity contribution in [3.63, 3.8) is 0 Å². The molecule has 3 heterocycles. The van der Waals surface area contributed by atoms with Crippen molar-refractivity contribution in [2.45, 2.75) is 32.6 Å². The maximum atomic E-state index is 4.96. The fourth-order valence-corrected chi connectivity index (χ4v) is 5.25. The quantitative estimate of drug-likeness (QED) is 0.276. The van der Waals surface area contributed by atoms with Gasteiger partial charge >= 0.3 is 0 Å². The molecule has 0 aliphatic carbocycles. The van der Waals surface area contributed by atoms with Gasteiger partial charge in [0, 0.05) is 30.5 Å². The van der Waals surface area contributed by atoms with E-state index >= 15 is 0 Å². The highest BCUT2D eigenvalue weighted by atomic mass is 15.5. The summed E-state index contributed by atoms with van der Waals surface area (Å²) in [7, 11) is 0. The van der Waals surface area contributed by atoms with E-state index in [2.05, 4.69) is 54.3 Å². The van der Waals surface area contributed by atoms with Crippen LogP contribution in [-0.2, 0) is 12.8 Å². The first-order valence-corrected chi connectivity index (χ1v) is 12.2. The van der Waals surface area contributed by atoms with Gasteiger partial charge < -0.3 is 4.90 Å². The van der Waals surface area contributed by atoms with Crippen molar-refractivity contribution in [2.75, 3.05) is 23.0 Å². The molecule has 0 unspecified atom stereocenters. The van der Waals surface area contributed by atoms with Gasteiger partial charge in [-0.2, -0.15) is 5.10 Å². The lowest BCUT2D eigenvalue weighted by molar-refractivity contribution is 0.634. The van der Waals surface area contributed by atoms with Crippen LogP contribution in [0.25, 0.3) is 5.69 Å². The first-order chi connectivity index (χ1) is 16.8. The lowest BCUT2D eigenvalue weighted by atomic mass is 9.90. The van der Waals surface area contributed by atoms with Crippen molar-refractivity contribution in [1.29, 1.82) is 0 Å². The summed E-state index contributed by atoms with van der Waals surface area (Å²) in [4.78, 5) is 2.58. The Kier molecular flexibility index (Phi) is 5.38. The van der Waals surface area contributed by atoms with E-state index in [-0.39, 0.29) is 0 Å². The number of hydrazone groups is 1. The molecular formula is C29H29N5. The zero-order valence-corrected chi connectivity index (χ0v) is 19.6. The molecule has 34 heavy (non-hydrogen) atoms. The molecule has 0 N–H and O–H groups in total. The maximum absolute atomic E-state index is 4.96. The minimum absolute atomic E-state index is 0.800. The van der Waals surface area contributed by atoms with Crippen molar-refractivity contribution in [1.82, 2.24) is 9.78 Å². The lowest BCUT2D eigenvalue weighted by Gasteiger charge is -2.37. The molecule has 0 fully saturated rings. The smallest absolute Gasteiger partial charge is 0.176 e. The third-order valence-corrected chi connectivity index (χ3v) is 6.77. The predicted octanol–water partition coefficient (Wildman–Crippen LogP) is 6.05. The lowest BCUT2D eigenvalue weighted by Crippen LogP contribution is -2.34. The third-order valence-electron chi connectivity index (χ3n) is 6.77. The highest BCUT2D eigenvalue weighted by molar-refractivity contribution is 5.84. The molecule has 0 spiro atoms. The number of benzene rings is 3. The van der Waals surface area contributed by atoms with E-state index in [1.807, 2.05) is 52.3 Å². The van der Waals surface area contributed by atoms with Gasteiger partial charge in [0.15, 0.2) is 5.82 Å². The van der Waals surface area contributed by atoms with E-state index in [0.29, 0.717) is 0 Å². The van der Waals surface area contributed by atoms with Gasteiger partial charge in [-0.1, -0.05) is 36.4 Å². The second-order valence-electron chi connectivity index (χ2n) is 9.17. The van der Waals surface area contributed by atoms with Crippen LogP contribution in [0.2, 0.25) is 0 Å². The molecular weight excluding hydrogens is 418 g/mol. The normalized spacial score (nSPS) is 14.9. The SMILES string of the molecule is Cc1cc(N(N=Cc2cc3c4c(c2)CCCN4CCC3)c2ccccc2)nn1-c1ccccc1. The average molecular weight is 448 g/mol. The minimum atomic E-state index is 0.800.